The van der Waals surface area contributed by atoms with Crippen LogP contribution in [-0.4, -0.2) is 73.0 Å². The van der Waals surface area contributed by atoms with Crippen molar-refractivity contribution in [2.24, 2.45) is 0 Å². The molecule has 1 aliphatic heterocycles. The van der Waals surface area contributed by atoms with Crippen LogP contribution in [0.4, 0.5) is 4.39 Å². The second-order valence-electron chi connectivity index (χ2n) is 6.46. The zero-order valence-corrected chi connectivity index (χ0v) is 13.9. The normalized spacial score (nSPS) is 23.1. The average molecular weight is 307 g/mol. The number of benzene rings is 1. The molecule has 0 aliphatic carbocycles. The minimum Gasteiger partial charge on any atom is -0.336 e. The van der Waals surface area contributed by atoms with Crippen molar-refractivity contribution >= 4 is 5.91 Å². The monoisotopic (exact) mass is 307 g/mol. The van der Waals surface area contributed by atoms with Crippen molar-refractivity contribution in [2.75, 3.05) is 40.3 Å². The van der Waals surface area contributed by atoms with Gasteiger partial charge in [0.05, 0.1) is 0 Å². The van der Waals surface area contributed by atoms with Gasteiger partial charge in [-0.3, -0.25) is 9.69 Å². The molecule has 2 unspecified atom stereocenters. The number of likely N-dealkylation sites (N-methyl/N-ethyl adjacent to an activating group) is 1. The minimum atomic E-state index is -0.364. The fourth-order valence-electron chi connectivity index (χ4n) is 3.08. The summed E-state index contributed by atoms with van der Waals surface area (Å²) in [7, 11) is 4.14. The number of carbonyl (C=O) groups excluding carboxylic acids is 1. The Morgan fingerprint density at radius 2 is 1.91 bits per heavy atom. The van der Waals surface area contributed by atoms with Gasteiger partial charge in [-0.2, -0.15) is 0 Å². The van der Waals surface area contributed by atoms with Crippen LogP contribution < -0.4 is 0 Å². The van der Waals surface area contributed by atoms with Crippen molar-refractivity contribution in [1.29, 1.82) is 0 Å². The molecule has 0 aromatic heterocycles. The van der Waals surface area contributed by atoms with Crippen LogP contribution in [0, 0.1) is 5.82 Å². The number of nitrogens with zero attached hydrogens (tertiary/aromatic N) is 3. The van der Waals surface area contributed by atoms with Gasteiger partial charge in [-0.15, -0.1) is 0 Å². The number of carbonyl (C=O) groups is 1. The Morgan fingerprint density at radius 1 is 1.27 bits per heavy atom. The molecule has 1 aromatic carbocycles. The van der Waals surface area contributed by atoms with Crippen molar-refractivity contribution < 1.29 is 9.18 Å². The number of hydrogen-bond acceptors (Lipinski definition) is 3. The van der Waals surface area contributed by atoms with Crippen LogP contribution in [-0.2, 0) is 0 Å². The molecule has 1 fully saturated rings. The van der Waals surface area contributed by atoms with E-state index in [1.54, 1.807) is 12.1 Å². The third kappa shape index (κ3) is 4.05. The molecule has 1 aliphatic rings. The van der Waals surface area contributed by atoms with Crippen molar-refractivity contribution in [3.05, 3.63) is 35.6 Å². The predicted molar refractivity (Wildman–Crippen MR) is 86.5 cm³/mol. The molecule has 1 heterocycles. The van der Waals surface area contributed by atoms with E-state index < -0.39 is 0 Å². The topological polar surface area (TPSA) is 26.8 Å². The van der Waals surface area contributed by atoms with Crippen LogP contribution in [0.1, 0.15) is 24.2 Å². The van der Waals surface area contributed by atoms with Crippen LogP contribution >= 0.6 is 0 Å². The Kier molecular flexibility index (Phi) is 5.53. The number of piperazine rings is 1. The second-order valence-corrected chi connectivity index (χ2v) is 6.46. The summed E-state index contributed by atoms with van der Waals surface area (Å²) in [5.74, 6) is -0.443. The summed E-state index contributed by atoms with van der Waals surface area (Å²) in [4.78, 5) is 19.0. The summed E-state index contributed by atoms with van der Waals surface area (Å²) in [5, 5.41) is 0. The highest BCUT2D eigenvalue weighted by Gasteiger charge is 2.31. The fourth-order valence-corrected chi connectivity index (χ4v) is 3.08. The van der Waals surface area contributed by atoms with E-state index in [1.165, 1.54) is 12.1 Å². The average Bonchev–Trinajstić information content (AvgIpc) is 2.45. The molecule has 0 saturated carbocycles. The van der Waals surface area contributed by atoms with Crippen molar-refractivity contribution in [1.82, 2.24) is 14.7 Å². The number of rotatable bonds is 4. The van der Waals surface area contributed by atoms with E-state index >= 15 is 0 Å². The van der Waals surface area contributed by atoms with E-state index in [0.717, 1.165) is 13.1 Å². The van der Waals surface area contributed by atoms with Crippen molar-refractivity contribution in [3.63, 3.8) is 0 Å². The summed E-state index contributed by atoms with van der Waals surface area (Å²) in [6.07, 6.45) is 0. The van der Waals surface area contributed by atoms with E-state index in [0.29, 0.717) is 30.7 Å². The fraction of sp³-hybridized carbons (Fsp3) is 0.588. The standard InChI is InChI=1S/C17H26FN3O/c1-13-11-20(12-14(2)21(13)9-8-19(3)4)17(22)15-6-5-7-16(18)10-15/h5-7,10,13-14H,8-9,11-12H2,1-4H3. The highest BCUT2D eigenvalue weighted by Crippen LogP contribution is 2.18. The first kappa shape index (κ1) is 16.9. The molecular weight excluding hydrogens is 281 g/mol. The summed E-state index contributed by atoms with van der Waals surface area (Å²) < 4.78 is 13.3. The van der Waals surface area contributed by atoms with Gasteiger partial charge in [0.1, 0.15) is 5.82 Å². The second kappa shape index (κ2) is 7.20. The van der Waals surface area contributed by atoms with Gasteiger partial charge in [-0.1, -0.05) is 6.07 Å². The van der Waals surface area contributed by atoms with Gasteiger partial charge in [-0.05, 0) is 46.1 Å². The Hall–Kier alpha value is -1.46. The van der Waals surface area contributed by atoms with Gasteiger partial charge >= 0.3 is 0 Å². The largest absolute Gasteiger partial charge is 0.336 e. The molecular formula is C17H26FN3O. The van der Waals surface area contributed by atoms with Crippen LogP contribution in [0.25, 0.3) is 0 Å². The Balaban J connectivity index is 2.02. The Morgan fingerprint density at radius 3 is 2.45 bits per heavy atom. The summed E-state index contributed by atoms with van der Waals surface area (Å²) in [6.45, 7) is 7.68. The molecule has 5 heteroatoms. The molecule has 2 rings (SSSR count). The Bertz CT molecular complexity index is 508. The lowest BCUT2D eigenvalue weighted by molar-refractivity contribution is 0.0282. The lowest BCUT2D eigenvalue weighted by Gasteiger charge is -2.44. The number of halogens is 1. The van der Waals surface area contributed by atoms with Gasteiger partial charge in [0.15, 0.2) is 0 Å². The maximum Gasteiger partial charge on any atom is 0.254 e. The summed E-state index contributed by atoms with van der Waals surface area (Å²) in [6, 6.07) is 6.56. The minimum absolute atomic E-state index is 0.0783. The van der Waals surface area contributed by atoms with E-state index in [2.05, 4.69) is 37.7 Å². The van der Waals surface area contributed by atoms with E-state index in [9.17, 15) is 9.18 Å². The van der Waals surface area contributed by atoms with Crippen molar-refractivity contribution in [3.8, 4) is 0 Å². The molecule has 1 aromatic rings. The molecule has 1 amide bonds. The smallest absolute Gasteiger partial charge is 0.254 e. The molecule has 22 heavy (non-hydrogen) atoms. The summed E-state index contributed by atoms with van der Waals surface area (Å²) in [5.41, 5.74) is 0.432. The molecule has 4 nitrogen and oxygen atoms in total. The quantitative estimate of drug-likeness (QED) is 0.850. The molecule has 0 spiro atoms. The van der Waals surface area contributed by atoms with Gasteiger partial charge in [0.2, 0.25) is 0 Å². The van der Waals surface area contributed by atoms with Gasteiger partial charge in [0.25, 0.3) is 5.91 Å². The molecule has 0 N–H and O–H groups in total. The van der Waals surface area contributed by atoms with Crippen molar-refractivity contribution in [2.45, 2.75) is 25.9 Å². The van der Waals surface area contributed by atoms with Crippen LogP contribution in [0.15, 0.2) is 24.3 Å². The first-order valence-corrected chi connectivity index (χ1v) is 7.84. The maximum absolute atomic E-state index is 13.3. The molecule has 1 saturated heterocycles. The molecule has 2 atom stereocenters. The first-order valence-electron chi connectivity index (χ1n) is 7.84. The SMILES string of the molecule is CC1CN(C(=O)c2cccc(F)c2)CC(C)N1CCN(C)C. The zero-order chi connectivity index (χ0) is 16.3. The van der Waals surface area contributed by atoms with E-state index in [1.807, 2.05) is 4.90 Å². The highest BCUT2D eigenvalue weighted by atomic mass is 19.1. The van der Waals surface area contributed by atoms with E-state index in [4.69, 9.17) is 0 Å². The number of amides is 1. The van der Waals surface area contributed by atoms with Gasteiger partial charge < -0.3 is 9.80 Å². The van der Waals surface area contributed by atoms with Crippen LogP contribution in [0.2, 0.25) is 0 Å². The maximum atomic E-state index is 13.3. The molecule has 0 radical (unpaired) electrons. The number of hydrogen-bond donors (Lipinski definition) is 0. The third-order valence-electron chi connectivity index (χ3n) is 4.27. The molecule has 0 bridgehead atoms. The van der Waals surface area contributed by atoms with Gasteiger partial charge in [0, 0.05) is 43.8 Å². The van der Waals surface area contributed by atoms with E-state index in [-0.39, 0.29) is 11.7 Å². The lowest BCUT2D eigenvalue weighted by Crippen LogP contribution is -2.59. The molecule has 122 valence electrons. The highest BCUT2D eigenvalue weighted by molar-refractivity contribution is 5.94. The summed E-state index contributed by atoms with van der Waals surface area (Å²) >= 11 is 0. The van der Waals surface area contributed by atoms with Crippen LogP contribution in [0.3, 0.4) is 0 Å². The third-order valence-corrected chi connectivity index (χ3v) is 4.27. The Labute approximate surface area is 132 Å². The zero-order valence-electron chi connectivity index (χ0n) is 13.9. The predicted octanol–water partition coefficient (Wildman–Crippen LogP) is 1.92. The van der Waals surface area contributed by atoms with Gasteiger partial charge in [-0.25, -0.2) is 4.39 Å². The lowest BCUT2D eigenvalue weighted by atomic mass is 10.1. The van der Waals surface area contributed by atoms with Crippen LogP contribution in [0.5, 0.6) is 0 Å². The first-order chi connectivity index (χ1) is 10.4.